The lowest BCUT2D eigenvalue weighted by atomic mass is 10.1. The van der Waals surface area contributed by atoms with Crippen molar-refractivity contribution in [1.29, 1.82) is 0 Å². The largest absolute Gasteiger partial charge is 0.480 e. The van der Waals surface area contributed by atoms with Crippen molar-refractivity contribution in [2.75, 3.05) is 7.11 Å². The zero-order valence-electron chi connectivity index (χ0n) is 12.2. The Labute approximate surface area is 125 Å². The molecule has 7 heteroatoms. The molecular weight excluding hydrogens is 294 g/mol. The van der Waals surface area contributed by atoms with Crippen LogP contribution in [-0.4, -0.2) is 32.6 Å². The lowest BCUT2D eigenvalue weighted by Crippen LogP contribution is -2.40. The van der Waals surface area contributed by atoms with Crippen LogP contribution in [0, 0.1) is 0 Å². The molecule has 1 aromatic rings. The highest BCUT2D eigenvalue weighted by Crippen LogP contribution is 2.13. The first-order valence-corrected chi connectivity index (χ1v) is 8.22. The summed E-state index contributed by atoms with van der Waals surface area (Å²) in [6.07, 6.45) is 1.72. The molecule has 0 saturated heterocycles. The predicted molar refractivity (Wildman–Crippen MR) is 78.4 cm³/mol. The number of nitrogens with one attached hydrogen (secondary N) is 1. The number of rotatable bonds is 9. The first kappa shape index (κ1) is 17.6. The van der Waals surface area contributed by atoms with E-state index in [-0.39, 0.29) is 11.3 Å². The van der Waals surface area contributed by atoms with Gasteiger partial charge in [0.25, 0.3) is 0 Å². The van der Waals surface area contributed by atoms with E-state index in [1.807, 2.05) is 6.92 Å². The van der Waals surface area contributed by atoms with Gasteiger partial charge in [-0.25, -0.2) is 8.42 Å². The smallest absolute Gasteiger partial charge is 0.321 e. The zero-order valence-corrected chi connectivity index (χ0v) is 13.0. The predicted octanol–water partition coefficient (Wildman–Crippen LogP) is 1.75. The topological polar surface area (TPSA) is 92.7 Å². The van der Waals surface area contributed by atoms with Gasteiger partial charge in [-0.05, 0) is 24.1 Å². The summed E-state index contributed by atoms with van der Waals surface area (Å²) >= 11 is 0. The van der Waals surface area contributed by atoms with Crippen LogP contribution in [0.25, 0.3) is 0 Å². The van der Waals surface area contributed by atoms with Crippen LogP contribution in [0.1, 0.15) is 31.7 Å². The molecule has 118 valence electrons. The van der Waals surface area contributed by atoms with E-state index in [4.69, 9.17) is 9.84 Å². The second kappa shape index (κ2) is 8.11. The van der Waals surface area contributed by atoms with Gasteiger partial charge in [-0.3, -0.25) is 4.79 Å². The Morgan fingerprint density at radius 1 is 1.33 bits per heavy atom. The second-order valence-electron chi connectivity index (χ2n) is 4.73. The zero-order chi connectivity index (χ0) is 15.9. The molecular formula is C14H21NO5S. The Balaban J connectivity index is 2.85. The quantitative estimate of drug-likeness (QED) is 0.724. The SMILES string of the molecule is CCCCC(NS(=O)(=O)c1ccc(COC)cc1)C(=O)O. The van der Waals surface area contributed by atoms with Crippen LogP contribution in [0.3, 0.4) is 0 Å². The fraction of sp³-hybridized carbons (Fsp3) is 0.500. The first-order chi connectivity index (χ1) is 9.90. The van der Waals surface area contributed by atoms with Gasteiger partial charge in [-0.1, -0.05) is 31.9 Å². The summed E-state index contributed by atoms with van der Waals surface area (Å²) in [5.41, 5.74) is 0.845. The molecule has 0 spiro atoms. The molecule has 0 aliphatic carbocycles. The molecule has 0 amide bonds. The fourth-order valence-corrected chi connectivity index (χ4v) is 3.05. The molecule has 1 aromatic carbocycles. The van der Waals surface area contributed by atoms with E-state index in [0.29, 0.717) is 13.0 Å². The van der Waals surface area contributed by atoms with Gasteiger partial charge >= 0.3 is 5.97 Å². The van der Waals surface area contributed by atoms with Gasteiger partial charge in [0.2, 0.25) is 10.0 Å². The van der Waals surface area contributed by atoms with E-state index in [1.54, 1.807) is 19.2 Å². The number of aliphatic carboxylic acids is 1. The Morgan fingerprint density at radius 3 is 2.43 bits per heavy atom. The van der Waals surface area contributed by atoms with Crippen molar-refractivity contribution in [3.63, 3.8) is 0 Å². The Bertz CT molecular complexity index is 553. The normalized spacial score (nSPS) is 13.0. The van der Waals surface area contributed by atoms with Crippen molar-refractivity contribution in [2.45, 2.75) is 43.7 Å². The molecule has 0 aromatic heterocycles. The van der Waals surface area contributed by atoms with Crippen LogP contribution in [0.5, 0.6) is 0 Å². The molecule has 0 bridgehead atoms. The number of ether oxygens (including phenoxy) is 1. The van der Waals surface area contributed by atoms with Gasteiger partial charge in [0, 0.05) is 7.11 Å². The van der Waals surface area contributed by atoms with Crippen molar-refractivity contribution >= 4 is 16.0 Å². The van der Waals surface area contributed by atoms with E-state index in [9.17, 15) is 13.2 Å². The minimum absolute atomic E-state index is 0.0464. The first-order valence-electron chi connectivity index (χ1n) is 6.73. The standard InChI is InChI=1S/C14H21NO5S/c1-3-4-5-13(14(16)17)15-21(18,19)12-8-6-11(7-9-12)10-20-2/h6-9,13,15H,3-5,10H2,1-2H3,(H,16,17). The minimum Gasteiger partial charge on any atom is -0.480 e. The Morgan fingerprint density at radius 2 is 1.95 bits per heavy atom. The van der Waals surface area contributed by atoms with Crippen LogP contribution < -0.4 is 4.72 Å². The fourth-order valence-electron chi connectivity index (χ4n) is 1.83. The van der Waals surface area contributed by atoms with Gasteiger partial charge in [-0.15, -0.1) is 0 Å². The van der Waals surface area contributed by atoms with Crippen molar-refractivity contribution in [1.82, 2.24) is 4.72 Å². The van der Waals surface area contributed by atoms with Crippen molar-refractivity contribution in [3.8, 4) is 0 Å². The third kappa shape index (κ3) is 5.45. The molecule has 1 unspecified atom stereocenters. The summed E-state index contributed by atoms with van der Waals surface area (Å²) in [7, 11) is -2.29. The monoisotopic (exact) mass is 315 g/mol. The second-order valence-corrected chi connectivity index (χ2v) is 6.45. The van der Waals surface area contributed by atoms with Gasteiger partial charge in [-0.2, -0.15) is 4.72 Å². The van der Waals surface area contributed by atoms with Crippen molar-refractivity contribution in [2.24, 2.45) is 0 Å². The molecule has 1 atom stereocenters. The van der Waals surface area contributed by atoms with Gasteiger partial charge < -0.3 is 9.84 Å². The van der Waals surface area contributed by atoms with Gasteiger partial charge in [0.15, 0.2) is 0 Å². The lowest BCUT2D eigenvalue weighted by Gasteiger charge is -2.14. The van der Waals surface area contributed by atoms with Crippen molar-refractivity contribution < 1.29 is 23.1 Å². The van der Waals surface area contributed by atoms with Gasteiger partial charge in [0.1, 0.15) is 6.04 Å². The highest BCUT2D eigenvalue weighted by molar-refractivity contribution is 7.89. The molecule has 0 fully saturated rings. The summed E-state index contributed by atoms with van der Waals surface area (Å²) in [6, 6.07) is 5.05. The molecule has 0 heterocycles. The molecule has 2 N–H and O–H groups in total. The van der Waals surface area contributed by atoms with E-state index in [0.717, 1.165) is 12.0 Å². The number of methoxy groups -OCH3 is 1. The Hall–Kier alpha value is -1.44. The number of carbonyl (C=O) groups is 1. The number of carboxylic acids is 1. The number of benzene rings is 1. The summed E-state index contributed by atoms with van der Waals surface area (Å²) in [5.74, 6) is -1.16. The van der Waals surface area contributed by atoms with Crippen LogP contribution in [-0.2, 0) is 26.2 Å². The van der Waals surface area contributed by atoms with Gasteiger partial charge in [0.05, 0.1) is 11.5 Å². The maximum atomic E-state index is 12.2. The average Bonchev–Trinajstić information content (AvgIpc) is 2.44. The van der Waals surface area contributed by atoms with E-state index in [2.05, 4.69) is 4.72 Å². The molecule has 0 saturated carbocycles. The number of hydrogen-bond acceptors (Lipinski definition) is 4. The van der Waals surface area contributed by atoms with Crippen LogP contribution in [0.2, 0.25) is 0 Å². The maximum absolute atomic E-state index is 12.2. The highest BCUT2D eigenvalue weighted by atomic mass is 32.2. The average molecular weight is 315 g/mol. The van der Waals surface area contributed by atoms with E-state index >= 15 is 0 Å². The molecule has 6 nitrogen and oxygen atoms in total. The van der Waals surface area contributed by atoms with E-state index in [1.165, 1.54) is 12.1 Å². The molecule has 0 aliphatic heterocycles. The lowest BCUT2D eigenvalue weighted by molar-refractivity contribution is -0.139. The summed E-state index contributed by atoms with van der Waals surface area (Å²) < 4.78 is 31.5. The maximum Gasteiger partial charge on any atom is 0.321 e. The molecule has 21 heavy (non-hydrogen) atoms. The number of unbranched alkanes of at least 4 members (excludes halogenated alkanes) is 1. The van der Waals surface area contributed by atoms with Crippen LogP contribution in [0.4, 0.5) is 0 Å². The molecule has 1 rings (SSSR count). The Kier molecular flexibility index (Phi) is 6.80. The molecule has 0 aliphatic rings. The van der Waals surface area contributed by atoms with Crippen molar-refractivity contribution in [3.05, 3.63) is 29.8 Å². The minimum atomic E-state index is -3.84. The highest BCUT2D eigenvalue weighted by Gasteiger charge is 2.24. The number of carboxylic acid groups (broad SMARTS) is 1. The van der Waals surface area contributed by atoms with Crippen LogP contribution in [0.15, 0.2) is 29.2 Å². The number of sulfonamides is 1. The third-order valence-corrected chi connectivity index (χ3v) is 4.47. The van der Waals surface area contributed by atoms with Crippen LogP contribution >= 0.6 is 0 Å². The summed E-state index contributed by atoms with van der Waals surface area (Å²) in [6.45, 7) is 2.31. The van der Waals surface area contributed by atoms with E-state index < -0.39 is 22.0 Å². The summed E-state index contributed by atoms with van der Waals surface area (Å²) in [4.78, 5) is 11.2. The third-order valence-electron chi connectivity index (χ3n) is 2.99. The number of hydrogen-bond donors (Lipinski definition) is 2. The molecule has 0 radical (unpaired) electrons. The summed E-state index contributed by atoms with van der Waals surface area (Å²) in [5, 5.41) is 9.08.